The lowest BCUT2D eigenvalue weighted by molar-refractivity contribution is 0.607. The minimum Gasteiger partial charge on any atom is -0.284 e. The number of benzene rings is 1. The summed E-state index contributed by atoms with van der Waals surface area (Å²) in [6.45, 7) is 0. The fraction of sp³-hybridized carbons (Fsp3) is 0.250. The number of hydrogen-bond acceptors (Lipinski definition) is 2. The standard InChI is InChI=1S/C8H10INO2S/c1-13(11,12)10-8-4-2-3-7(5-8)6-9/h2-5,10H,6H2,1H3. The number of nitrogens with one attached hydrogen (secondary N) is 1. The Morgan fingerprint density at radius 3 is 2.69 bits per heavy atom. The van der Waals surface area contributed by atoms with E-state index < -0.39 is 10.0 Å². The number of hydrogen-bond donors (Lipinski definition) is 1. The summed E-state index contributed by atoms with van der Waals surface area (Å²) in [6, 6.07) is 7.35. The molecule has 0 bridgehead atoms. The Labute approximate surface area is 91.7 Å². The summed E-state index contributed by atoms with van der Waals surface area (Å²) in [5, 5.41) is 0. The molecule has 0 amide bonds. The van der Waals surface area contributed by atoms with Crippen LogP contribution in [0.3, 0.4) is 0 Å². The highest BCUT2D eigenvalue weighted by Gasteiger charge is 2.01. The average molecular weight is 311 g/mol. The van der Waals surface area contributed by atoms with Gasteiger partial charge in [-0.1, -0.05) is 34.7 Å². The smallest absolute Gasteiger partial charge is 0.229 e. The van der Waals surface area contributed by atoms with Gasteiger partial charge in [0.15, 0.2) is 0 Å². The van der Waals surface area contributed by atoms with Gasteiger partial charge in [-0.15, -0.1) is 0 Å². The number of rotatable bonds is 3. The second-order valence-corrected chi connectivity index (χ2v) is 5.22. The first-order valence-corrected chi connectivity index (χ1v) is 7.05. The highest BCUT2D eigenvalue weighted by atomic mass is 127. The van der Waals surface area contributed by atoms with Gasteiger partial charge in [0, 0.05) is 10.1 Å². The molecule has 0 aliphatic rings. The Morgan fingerprint density at radius 1 is 1.46 bits per heavy atom. The molecule has 0 heterocycles. The molecular formula is C8H10INO2S. The first-order chi connectivity index (χ1) is 6.01. The summed E-state index contributed by atoms with van der Waals surface area (Å²) >= 11 is 2.23. The molecule has 1 aromatic rings. The van der Waals surface area contributed by atoms with Crippen LogP contribution in [0.1, 0.15) is 5.56 Å². The summed E-state index contributed by atoms with van der Waals surface area (Å²) < 4.78 is 25.1. The van der Waals surface area contributed by atoms with Gasteiger partial charge >= 0.3 is 0 Å². The van der Waals surface area contributed by atoms with Gasteiger partial charge in [-0.3, -0.25) is 4.72 Å². The van der Waals surface area contributed by atoms with Crippen molar-refractivity contribution in [1.82, 2.24) is 0 Å². The second kappa shape index (κ2) is 4.28. The SMILES string of the molecule is CS(=O)(=O)Nc1cccc(CI)c1. The molecule has 3 nitrogen and oxygen atoms in total. The lowest BCUT2D eigenvalue weighted by Crippen LogP contribution is -2.09. The number of sulfonamides is 1. The molecule has 1 rings (SSSR count). The summed E-state index contributed by atoms with van der Waals surface area (Å²) in [4.78, 5) is 0. The zero-order valence-corrected chi connectivity index (χ0v) is 10.1. The highest BCUT2D eigenvalue weighted by molar-refractivity contribution is 14.1. The molecular weight excluding hydrogens is 301 g/mol. The van der Waals surface area contributed by atoms with Gasteiger partial charge in [-0.2, -0.15) is 0 Å². The highest BCUT2D eigenvalue weighted by Crippen LogP contribution is 2.13. The molecule has 0 atom stereocenters. The molecule has 0 unspecified atom stereocenters. The number of anilines is 1. The van der Waals surface area contributed by atoms with Crippen molar-refractivity contribution >= 4 is 38.3 Å². The maximum Gasteiger partial charge on any atom is 0.229 e. The summed E-state index contributed by atoms with van der Waals surface area (Å²) in [7, 11) is -3.15. The van der Waals surface area contributed by atoms with E-state index in [0.717, 1.165) is 16.2 Å². The molecule has 0 aromatic heterocycles. The Balaban J connectivity index is 2.90. The van der Waals surface area contributed by atoms with Gasteiger partial charge in [0.1, 0.15) is 0 Å². The first kappa shape index (κ1) is 10.8. The predicted octanol–water partition coefficient (Wildman–Crippen LogP) is 1.99. The van der Waals surface area contributed by atoms with E-state index in [9.17, 15) is 8.42 Å². The van der Waals surface area contributed by atoms with E-state index >= 15 is 0 Å². The minimum absolute atomic E-state index is 0.622. The Bertz CT molecular complexity index is 389. The van der Waals surface area contributed by atoms with Crippen molar-refractivity contribution in [3.05, 3.63) is 29.8 Å². The zero-order chi connectivity index (χ0) is 9.90. The largest absolute Gasteiger partial charge is 0.284 e. The van der Waals surface area contributed by atoms with Crippen LogP contribution in [0.5, 0.6) is 0 Å². The van der Waals surface area contributed by atoms with Crippen LogP contribution in [-0.4, -0.2) is 14.7 Å². The predicted molar refractivity (Wildman–Crippen MR) is 62.6 cm³/mol. The maximum atomic E-state index is 10.9. The fourth-order valence-electron chi connectivity index (χ4n) is 0.932. The van der Waals surface area contributed by atoms with Crippen molar-refractivity contribution in [2.45, 2.75) is 4.43 Å². The van der Waals surface area contributed by atoms with Gasteiger partial charge in [0.2, 0.25) is 10.0 Å². The van der Waals surface area contributed by atoms with Crippen LogP contribution in [0.4, 0.5) is 5.69 Å². The summed E-state index contributed by atoms with van der Waals surface area (Å²) in [6.07, 6.45) is 1.14. The van der Waals surface area contributed by atoms with Crippen LogP contribution in [0.25, 0.3) is 0 Å². The van der Waals surface area contributed by atoms with Crippen molar-refractivity contribution in [3.8, 4) is 0 Å². The number of alkyl halides is 1. The van der Waals surface area contributed by atoms with E-state index in [0.29, 0.717) is 5.69 Å². The molecule has 0 fully saturated rings. The Morgan fingerprint density at radius 2 is 2.15 bits per heavy atom. The van der Waals surface area contributed by atoms with Gasteiger partial charge in [0.05, 0.1) is 6.26 Å². The quantitative estimate of drug-likeness (QED) is 0.685. The van der Waals surface area contributed by atoms with E-state index in [4.69, 9.17) is 0 Å². The molecule has 72 valence electrons. The molecule has 0 saturated heterocycles. The normalized spacial score (nSPS) is 11.2. The topological polar surface area (TPSA) is 46.2 Å². The third kappa shape index (κ3) is 3.95. The first-order valence-electron chi connectivity index (χ1n) is 3.64. The fourth-order valence-corrected chi connectivity index (χ4v) is 1.96. The van der Waals surface area contributed by atoms with Crippen molar-refractivity contribution in [2.24, 2.45) is 0 Å². The lowest BCUT2D eigenvalue weighted by Gasteiger charge is -2.04. The van der Waals surface area contributed by atoms with Crippen LogP contribution in [0.15, 0.2) is 24.3 Å². The Kier molecular flexibility index (Phi) is 3.55. The molecule has 1 aromatic carbocycles. The van der Waals surface area contributed by atoms with Gasteiger partial charge in [-0.25, -0.2) is 8.42 Å². The molecule has 5 heteroatoms. The van der Waals surface area contributed by atoms with E-state index in [1.165, 1.54) is 0 Å². The summed E-state index contributed by atoms with van der Waals surface area (Å²) in [5.74, 6) is 0. The third-order valence-corrected chi connectivity index (χ3v) is 2.87. The average Bonchev–Trinajstić information content (AvgIpc) is 2.01. The van der Waals surface area contributed by atoms with Gasteiger partial charge in [0.25, 0.3) is 0 Å². The van der Waals surface area contributed by atoms with Crippen molar-refractivity contribution in [2.75, 3.05) is 11.0 Å². The number of halogens is 1. The molecule has 0 radical (unpaired) electrons. The minimum atomic E-state index is -3.15. The van der Waals surface area contributed by atoms with Gasteiger partial charge < -0.3 is 0 Å². The van der Waals surface area contributed by atoms with E-state index in [1.54, 1.807) is 6.07 Å². The zero-order valence-electron chi connectivity index (χ0n) is 7.12. The maximum absolute atomic E-state index is 10.9. The third-order valence-electron chi connectivity index (χ3n) is 1.38. The van der Waals surface area contributed by atoms with E-state index in [-0.39, 0.29) is 0 Å². The molecule has 0 saturated carbocycles. The van der Waals surface area contributed by atoms with Crippen molar-refractivity contribution in [3.63, 3.8) is 0 Å². The Hall–Kier alpha value is -0.300. The lowest BCUT2D eigenvalue weighted by atomic mass is 10.2. The van der Waals surface area contributed by atoms with E-state index in [2.05, 4.69) is 27.3 Å². The molecule has 0 spiro atoms. The van der Waals surface area contributed by atoms with Crippen LogP contribution >= 0.6 is 22.6 Å². The van der Waals surface area contributed by atoms with Crippen molar-refractivity contribution < 1.29 is 8.42 Å². The second-order valence-electron chi connectivity index (χ2n) is 2.71. The van der Waals surface area contributed by atoms with Crippen LogP contribution in [0, 0.1) is 0 Å². The van der Waals surface area contributed by atoms with Crippen LogP contribution in [-0.2, 0) is 14.5 Å². The van der Waals surface area contributed by atoms with E-state index in [1.807, 2.05) is 18.2 Å². The van der Waals surface area contributed by atoms with Crippen LogP contribution < -0.4 is 4.72 Å². The molecule has 0 aliphatic carbocycles. The molecule has 0 aliphatic heterocycles. The molecule has 1 N–H and O–H groups in total. The van der Waals surface area contributed by atoms with Gasteiger partial charge in [-0.05, 0) is 17.7 Å². The van der Waals surface area contributed by atoms with Crippen molar-refractivity contribution in [1.29, 1.82) is 0 Å². The van der Waals surface area contributed by atoms with Crippen LogP contribution in [0.2, 0.25) is 0 Å². The monoisotopic (exact) mass is 311 g/mol. The summed E-state index contributed by atoms with van der Waals surface area (Å²) in [5.41, 5.74) is 1.73. The molecule has 13 heavy (non-hydrogen) atoms.